The average Bonchev–Trinajstić information content (AvgIpc) is 2.20. The van der Waals surface area contributed by atoms with Crippen molar-refractivity contribution in [2.45, 2.75) is 45.4 Å². The van der Waals surface area contributed by atoms with Crippen molar-refractivity contribution < 1.29 is 9.90 Å². The smallest absolute Gasteiger partial charge is 0.304 e. The number of hydrogen-bond acceptors (Lipinski definition) is 2. The molecule has 3 heteroatoms. The van der Waals surface area contributed by atoms with Gasteiger partial charge in [-0.1, -0.05) is 32.6 Å². The average molecular weight is 213 g/mol. The van der Waals surface area contributed by atoms with E-state index in [1.54, 1.807) is 0 Å². The molecule has 0 unspecified atom stereocenters. The molecule has 0 spiro atoms. The molecular weight excluding hydrogens is 190 g/mol. The van der Waals surface area contributed by atoms with Crippen molar-refractivity contribution in [2.24, 2.45) is 11.8 Å². The normalized spacial score (nSPS) is 26.5. The summed E-state index contributed by atoms with van der Waals surface area (Å²) in [6.07, 6.45) is 6.93. The van der Waals surface area contributed by atoms with Crippen molar-refractivity contribution in [1.29, 1.82) is 0 Å². The summed E-state index contributed by atoms with van der Waals surface area (Å²) in [6.45, 7) is 3.92. The molecule has 0 bridgehead atoms. The molecule has 0 amide bonds. The summed E-state index contributed by atoms with van der Waals surface area (Å²) in [5, 5.41) is 11.6. The molecule has 0 aromatic heterocycles. The van der Waals surface area contributed by atoms with Crippen molar-refractivity contribution in [3.8, 4) is 0 Å². The fourth-order valence-corrected chi connectivity index (χ4v) is 2.24. The van der Waals surface area contributed by atoms with Crippen LogP contribution in [0.2, 0.25) is 0 Å². The highest BCUT2D eigenvalue weighted by molar-refractivity contribution is 5.66. The molecule has 0 aliphatic heterocycles. The van der Waals surface area contributed by atoms with Crippen LogP contribution in [0.5, 0.6) is 0 Å². The molecule has 15 heavy (non-hydrogen) atoms. The van der Waals surface area contributed by atoms with Gasteiger partial charge in [-0.25, -0.2) is 0 Å². The van der Waals surface area contributed by atoms with Gasteiger partial charge in [0.2, 0.25) is 0 Å². The highest BCUT2D eigenvalue weighted by Gasteiger charge is 2.17. The molecule has 88 valence electrons. The van der Waals surface area contributed by atoms with Gasteiger partial charge in [-0.3, -0.25) is 4.79 Å². The second-order valence-electron chi connectivity index (χ2n) is 4.81. The molecule has 1 saturated carbocycles. The molecule has 0 aromatic rings. The van der Waals surface area contributed by atoms with Gasteiger partial charge in [-0.05, 0) is 24.8 Å². The minimum atomic E-state index is -0.714. The van der Waals surface area contributed by atoms with Crippen LogP contribution in [0.4, 0.5) is 0 Å². The van der Waals surface area contributed by atoms with Crippen LogP contribution in [0.1, 0.15) is 45.4 Å². The van der Waals surface area contributed by atoms with Crippen molar-refractivity contribution >= 4 is 5.97 Å². The Labute approximate surface area is 92.3 Å². The second kappa shape index (κ2) is 6.83. The first-order chi connectivity index (χ1) is 7.18. The number of hydrogen-bond donors (Lipinski definition) is 2. The lowest BCUT2D eigenvalue weighted by atomic mass is 9.81. The van der Waals surface area contributed by atoms with E-state index in [0.717, 1.165) is 18.4 Å². The van der Waals surface area contributed by atoms with E-state index in [4.69, 9.17) is 5.11 Å². The van der Waals surface area contributed by atoms with E-state index in [2.05, 4.69) is 12.2 Å². The Morgan fingerprint density at radius 3 is 2.53 bits per heavy atom. The lowest BCUT2D eigenvalue weighted by Crippen LogP contribution is -2.23. The molecule has 0 aromatic carbocycles. The minimum absolute atomic E-state index is 0.238. The first kappa shape index (κ1) is 12.5. The Hall–Kier alpha value is -0.570. The van der Waals surface area contributed by atoms with Crippen LogP contribution in [0, 0.1) is 11.8 Å². The van der Waals surface area contributed by atoms with Crippen LogP contribution in [0.3, 0.4) is 0 Å². The predicted octanol–water partition coefficient (Wildman–Crippen LogP) is 2.27. The minimum Gasteiger partial charge on any atom is -0.481 e. The largest absolute Gasteiger partial charge is 0.481 e. The van der Waals surface area contributed by atoms with E-state index in [-0.39, 0.29) is 6.42 Å². The summed E-state index contributed by atoms with van der Waals surface area (Å²) in [5.74, 6) is 1.08. The van der Waals surface area contributed by atoms with Gasteiger partial charge in [0.15, 0.2) is 0 Å². The van der Waals surface area contributed by atoms with Crippen LogP contribution in [0.15, 0.2) is 0 Å². The first-order valence-corrected chi connectivity index (χ1v) is 6.11. The lowest BCUT2D eigenvalue weighted by molar-refractivity contribution is -0.136. The molecule has 1 aliphatic carbocycles. The Bertz CT molecular complexity index is 186. The summed E-state index contributed by atoms with van der Waals surface area (Å²) in [6, 6.07) is 0. The summed E-state index contributed by atoms with van der Waals surface area (Å²) >= 11 is 0. The zero-order valence-corrected chi connectivity index (χ0v) is 9.67. The molecule has 0 radical (unpaired) electrons. The van der Waals surface area contributed by atoms with E-state index in [0.29, 0.717) is 6.54 Å². The number of carboxylic acid groups (broad SMARTS) is 1. The molecule has 0 heterocycles. The summed E-state index contributed by atoms with van der Waals surface area (Å²) < 4.78 is 0. The molecule has 1 aliphatic rings. The highest BCUT2D eigenvalue weighted by Crippen LogP contribution is 2.29. The third kappa shape index (κ3) is 5.78. The zero-order chi connectivity index (χ0) is 11.1. The van der Waals surface area contributed by atoms with Gasteiger partial charge in [0.25, 0.3) is 0 Å². The van der Waals surface area contributed by atoms with Crippen LogP contribution < -0.4 is 5.32 Å². The number of nitrogens with one attached hydrogen (secondary N) is 1. The molecule has 2 N–H and O–H groups in total. The van der Waals surface area contributed by atoms with Gasteiger partial charge in [-0.15, -0.1) is 0 Å². The molecule has 3 nitrogen and oxygen atoms in total. The van der Waals surface area contributed by atoms with Gasteiger partial charge >= 0.3 is 5.97 Å². The van der Waals surface area contributed by atoms with E-state index < -0.39 is 5.97 Å². The number of aliphatic carboxylic acids is 1. The van der Waals surface area contributed by atoms with Gasteiger partial charge in [0.1, 0.15) is 0 Å². The van der Waals surface area contributed by atoms with Gasteiger partial charge in [0, 0.05) is 6.54 Å². The van der Waals surface area contributed by atoms with E-state index in [9.17, 15) is 4.79 Å². The lowest BCUT2D eigenvalue weighted by Gasteiger charge is -2.26. The SMILES string of the molecule is CC1CCC(CCNCCC(=O)O)CC1. The molecule has 1 rings (SSSR count). The summed E-state index contributed by atoms with van der Waals surface area (Å²) in [5.41, 5.74) is 0. The Morgan fingerprint density at radius 2 is 1.93 bits per heavy atom. The number of carboxylic acids is 1. The Morgan fingerprint density at radius 1 is 1.27 bits per heavy atom. The van der Waals surface area contributed by atoms with Crippen LogP contribution in [-0.4, -0.2) is 24.2 Å². The topological polar surface area (TPSA) is 49.3 Å². The van der Waals surface area contributed by atoms with Crippen molar-refractivity contribution in [2.75, 3.05) is 13.1 Å². The fourth-order valence-electron chi connectivity index (χ4n) is 2.24. The molecule has 0 saturated heterocycles. The standard InChI is InChI=1S/C12H23NO2/c1-10-2-4-11(5-3-10)6-8-13-9-7-12(14)15/h10-11,13H,2-9H2,1H3,(H,14,15). The van der Waals surface area contributed by atoms with Crippen LogP contribution in [0.25, 0.3) is 0 Å². The maximum Gasteiger partial charge on any atom is 0.304 e. The van der Waals surface area contributed by atoms with Gasteiger partial charge in [-0.2, -0.15) is 0 Å². The van der Waals surface area contributed by atoms with Crippen LogP contribution in [-0.2, 0) is 4.79 Å². The second-order valence-corrected chi connectivity index (χ2v) is 4.81. The summed E-state index contributed by atoms with van der Waals surface area (Å²) in [4.78, 5) is 10.3. The monoisotopic (exact) mass is 213 g/mol. The van der Waals surface area contributed by atoms with Gasteiger partial charge in [0.05, 0.1) is 6.42 Å². The van der Waals surface area contributed by atoms with Crippen molar-refractivity contribution in [3.63, 3.8) is 0 Å². The van der Waals surface area contributed by atoms with Crippen molar-refractivity contribution in [3.05, 3.63) is 0 Å². The third-order valence-electron chi connectivity index (χ3n) is 3.38. The Balaban J connectivity index is 1.94. The fraction of sp³-hybridized carbons (Fsp3) is 0.917. The maximum absolute atomic E-state index is 10.3. The quantitative estimate of drug-likeness (QED) is 0.665. The molecule has 0 atom stereocenters. The number of rotatable bonds is 6. The van der Waals surface area contributed by atoms with Gasteiger partial charge < -0.3 is 10.4 Å². The van der Waals surface area contributed by atoms with E-state index in [1.807, 2.05) is 0 Å². The molecule has 1 fully saturated rings. The van der Waals surface area contributed by atoms with E-state index >= 15 is 0 Å². The van der Waals surface area contributed by atoms with Crippen LogP contribution >= 0.6 is 0 Å². The van der Waals surface area contributed by atoms with Crippen molar-refractivity contribution in [1.82, 2.24) is 5.32 Å². The first-order valence-electron chi connectivity index (χ1n) is 6.11. The van der Waals surface area contributed by atoms with E-state index in [1.165, 1.54) is 32.1 Å². The summed E-state index contributed by atoms with van der Waals surface area (Å²) in [7, 11) is 0. The maximum atomic E-state index is 10.3. The Kier molecular flexibility index (Phi) is 5.69. The highest BCUT2D eigenvalue weighted by atomic mass is 16.4. The number of carbonyl (C=O) groups is 1. The molecular formula is C12H23NO2. The third-order valence-corrected chi connectivity index (χ3v) is 3.38. The zero-order valence-electron chi connectivity index (χ0n) is 9.67. The predicted molar refractivity (Wildman–Crippen MR) is 60.9 cm³/mol.